The van der Waals surface area contributed by atoms with Crippen molar-refractivity contribution in [2.75, 3.05) is 32.7 Å². The van der Waals surface area contributed by atoms with Gasteiger partial charge < -0.3 is 5.32 Å². The summed E-state index contributed by atoms with van der Waals surface area (Å²) < 4.78 is 1.61. The molecule has 6 heteroatoms. The molecule has 1 fully saturated rings. The number of piperazine rings is 1. The third kappa shape index (κ3) is 3.04. The maximum Gasteiger partial charge on any atom is 0.328 e. The first kappa shape index (κ1) is 12.1. The average Bonchev–Trinajstić information content (AvgIpc) is 2.29. The number of nitrogens with one attached hydrogen (secondary N) is 2. The van der Waals surface area contributed by atoms with Gasteiger partial charge in [-0.3, -0.25) is 19.2 Å². The number of aryl methyl sites for hydroxylation is 1. The van der Waals surface area contributed by atoms with E-state index in [1.54, 1.807) is 11.5 Å². The van der Waals surface area contributed by atoms with Crippen molar-refractivity contribution in [2.24, 2.45) is 0 Å². The van der Waals surface area contributed by atoms with Gasteiger partial charge in [0.25, 0.3) is 5.56 Å². The quantitative estimate of drug-likeness (QED) is 0.690. The Morgan fingerprint density at radius 2 is 1.94 bits per heavy atom. The summed E-state index contributed by atoms with van der Waals surface area (Å²) in [6, 6.07) is 1.46. The van der Waals surface area contributed by atoms with Crippen molar-refractivity contribution < 1.29 is 0 Å². The van der Waals surface area contributed by atoms with Gasteiger partial charge >= 0.3 is 5.69 Å². The van der Waals surface area contributed by atoms with E-state index in [9.17, 15) is 9.59 Å². The van der Waals surface area contributed by atoms with E-state index in [1.165, 1.54) is 6.07 Å². The molecule has 17 heavy (non-hydrogen) atoms. The Morgan fingerprint density at radius 1 is 1.24 bits per heavy atom. The monoisotopic (exact) mass is 238 g/mol. The molecular formula is C11H18N4O2. The lowest BCUT2D eigenvalue weighted by Crippen LogP contribution is -2.45. The number of aromatic nitrogens is 2. The number of rotatable bonds is 3. The van der Waals surface area contributed by atoms with Crippen molar-refractivity contribution in [2.45, 2.75) is 13.5 Å². The van der Waals surface area contributed by atoms with Crippen molar-refractivity contribution in [1.82, 2.24) is 19.8 Å². The summed E-state index contributed by atoms with van der Waals surface area (Å²) in [5.74, 6) is 0. The lowest BCUT2D eigenvalue weighted by Gasteiger charge is -2.27. The van der Waals surface area contributed by atoms with Crippen molar-refractivity contribution in [3.05, 3.63) is 32.6 Å². The molecule has 0 radical (unpaired) electrons. The van der Waals surface area contributed by atoms with Crippen LogP contribution < -0.4 is 16.6 Å². The Kier molecular flexibility index (Phi) is 3.75. The molecule has 0 atom stereocenters. The molecule has 2 rings (SSSR count). The maximum absolute atomic E-state index is 11.6. The molecule has 0 aliphatic carbocycles. The molecule has 0 saturated carbocycles. The first-order valence-corrected chi connectivity index (χ1v) is 5.90. The molecule has 2 N–H and O–H groups in total. The molecule has 0 amide bonds. The molecule has 1 aromatic heterocycles. The fraction of sp³-hybridized carbons (Fsp3) is 0.636. The summed E-state index contributed by atoms with van der Waals surface area (Å²) in [6.07, 6.45) is 0. The molecule has 0 aromatic carbocycles. The number of hydrogen-bond acceptors (Lipinski definition) is 4. The Hall–Kier alpha value is -1.40. The molecule has 6 nitrogen and oxygen atoms in total. The molecule has 0 spiro atoms. The SMILES string of the molecule is Cc1cc(=O)[nH]c(=O)n1CCN1CCNCC1. The van der Waals surface area contributed by atoms with Crippen LogP contribution in [0.25, 0.3) is 0 Å². The topological polar surface area (TPSA) is 70.1 Å². The van der Waals surface area contributed by atoms with E-state index in [0.717, 1.165) is 32.7 Å². The number of H-pyrrole nitrogens is 1. The van der Waals surface area contributed by atoms with Gasteiger partial charge in [0.1, 0.15) is 0 Å². The van der Waals surface area contributed by atoms with Gasteiger partial charge in [0.05, 0.1) is 0 Å². The highest BCUT2D eigenvalue weighted by Gasteiger charge is 2.10. The fourth-order valence-electron chi connectivity index (χ4n) is 2.09. The second-order valence-corrected chi connectivity index (χ2v) is 4.32. The summed E-state index contributed by atoms with van der Waals surface area (Å²) in [4.78, 5) is 27.3. The number of nitrogens with zero attached hydrogens (tertiary/aromatic N) is 2. The molecule has 0 bridgehead atoms. The van der Waals surface area contributed by atoms with Crippen molar-refractivity contribution in [3.63, 3.8) is 0 Å². The van der Waals surface area contributed by atoms with Crippen molar-refractivity contribution in [1.29, 1.82) is 0 Å². The normalized spacial score (nSPS) is 17.2. The van der Waals surface area contributed by atoms with Gasteiger partial charge in [0.2, 0.25) is 0 Å². The molecule has 1 saturated heterocycles. The highest BCUT2D eigenvalue weighted by Crippen LogP contribution is 1.95. The van der Waals surface area contributed by atoms with E-state index in [-0.39, 0.29) is 11.2 Å². The van der Waals surface area contributed by atoms with Gasteiger partial charge in [-0.15, -0.1) is 0 Å². The van der Waals surface area contributed by atoms with Crippen LogP contribution in [0.3, 0.4) is 0 Å². The minimum Gasteiger partial charge on any atom is -0.314 e. The predicted molar refractivity (Wildman–Crippen MR) is 65.4 cm³/mol. The summed E-state index contributed by atoms with van der Waals surface area (Å²) in [7, 11) is 0. The van der Waals surface area contributed by atoms with Crippen LogP contribution in [0.1, 0.15) is 5.69 Å². The highest BCUT2D eigenvalue weighted by molar-refractivity contribution is 4.98. The van der Waals surface area contributed by atoms with Crippen LogP contribution >= 0.6 is 0 Å². The molecule has 1 aromatic rings. The average molecular weight is 238 g/mol. The molecule has 94 valence electrons. The minimum atomic E-state index is -0.328. The number of hydrogen-bond donors (Lipinski definition) is 2. The van der Waals surface area contributed by atoms with E-state index in [1.807, 2.05) is 0 Å². The summed E-state index contributed by atoms with van der Waals surface area (Å²) in [5.41, 5.74) is 0.0740. The molecule has 1 aliphatic rings. The smallest absolute Gasteiger partial charge is 0.314 e. The second-order valence-electron chi connectivity index (χ2n) is 4.32. The Balaban J connectivity index is 2.03. The first-order valence-electron chi connectivity index (χ1n) is 5.90. The van der Waals surface area contributed by atoms with Crippen LogP contribution in [0, 0.1) is 6.92 Å². The van der Waals surface area contributed by atoms with Gasteiger partial charge in [-0.05, 0) is 6.92 Å². The highest BCUT2D eigenvalue weighted by atomic mass is 16.2. The third-order valence-corrected chi connectivity index (χ3v) is 3.09. The lowest BCUT2D eigenvalue weighted by molar-refractivity contribution is 0.230. The van der Waals surface area contributed by atoms with Gasteiger partial charge in [0.15, 0.2) is 0 Å². The standard InChI is InChI=1S/C11H18N4O2/c1-9-8-10(16)13-11(17)15(9)7-6-14-4-2-12-3-5-14/h8,12H,2-7H2,1H3,(H,13,16,17). The maximum atomic E-state index is 11.6. The second kappa shape index (κ2) is 5.29. The fourth-order valence-corrected chi connectivity index (χ4v) is 2.09. The Labute approximate surface area is 99.3 Å². The van der Waals surface area contributed by atoms with Crippen LogP contribution in [-0.2, 0) is 6.54 Å². The van der Waals surface area contributed by atoms with E-state index in [4.69, 9.17) is 0 Å². The first-order chi connectivity index (χ1) is 8.16. The molecule has 1 aliphatic heterocycles. The van der Waals surface area contributed by atoms with Gasteiger partial charge in [-0.1, -0.05) is 0 Å². The van der Waals surface area contributed by atoms with Gasteiger partial charge in [0, 0.05) is 51.0 Å². The summed E-state index contributed by atoms with van der Waals surface area (Å²) in [6.45, 7) is 7.28. The Bertz CT molecular complexity index is 485. The largest absolute Gasteiger partial charge is 0.328 e. The zero-order valence-corrected chi connectivity index (χ0v) is 10.0. The van der Waals surface area contributed by atoms with E-state index >= 15 is 0 Å². The zero-order chi connectivity index (χ0) is 12.3. The zero-order valence-electron chi connectivity index (χ0n) is 10.0. The molecule has 0 unspecified atom stereocenters. The van der Waals surface area contributed by atoms with Gasteiger partial charge in [-0.2, -0.15) is 0 Å². The van der Waals surface area contributed by atoms with Gasteiger partial charge in [-0.25, -0.2) is 4.79 Å². The third-order valence-electron chi connectivity index (χ3n) is 3.09. The molecule has 2 heterocycles. The lowest BCUT2D eigenvalue weighted by atomic mass is 10.3. The van der Waals surface area contributed by atoms with E-state index < -0.39 is 0 Å². The van der Waals surface area contributed by atoms with Crippen LogP contribution in [0.5, 0.6) is 0 Å². The van der Waals surface area contributed by atoms with E-state index in [2.05, 4.69) is 15.2 Å². The van der Waals surface area contributed by atoms with Crippen LogP contribution in [0.2, 0.25) is 0 Å². The van der Waals surface area contributed by atoms with Crippen molar-refractivity contribution in [3.8, 4) is 0 Å². The van der Waals surface area contributed by atoms with Crippen LogP contribution in [0.15, 0.2) is 15.7 Å². The molecular weight excluding hydrogens is 220 g/mol. The van der Waals surface area contributed by atoms with E-state index in [0.29, 0.717) is 12.2 Å². The van der Waals surface area contributed by atoms with Crippen LogP contribution in [0.4, 0.5) is 0 Å². The number of aromatic amines is 1. The van der Waals surface area contributed by atoms with Crippen LogP contribution in [-0.4, -0.2) is 47.2 Å². The summed E-state index contributed by atoms with van der Waals surface area (Å²) in [5, 5.41) is 3.29. The predicted octanol–water partition coefficient (Wildman–Crippen LogP) is -1.25. The minimum absolute atomic E-state index is 0.315. The van der Waals surface area contributed by atoms with Crippen molar-refractivity contribution >= 4 is 0 Å². The Morgan fingerprint density at radius 3 is 2.59 bits per heavy atom. The summed E-state index contributed by atoms with van der Waals surface area (Å²) >= 11 is 0.